The van der Waals surface area contributed by atoms with Gasteiger partial charge in [0.15, 0.2) is 0 Å². The fourth-order valence-electron chi connectivity index (χ4n) is 2.77. The van der Waals surface area contributed by atoms with Crippen LogP contribution in [0.5, 0.6) is 0 Å². The van der Waals surface area contributed by atoms with E-state index in [2.05, 4.69) is 10.6 Å². The molecule has 0 aliphatic heterocycles. The molecule has 2 aromatic carbocycles. The first kappa shape index (κ1) is 19.4. The number of rotatable bonds is 8. The molecule has 2 amide bonds. The zero-order valence-electron chi connectivity index (χ0n) is 15.0. The van der Waals surface area contributed by atoms with Gasteiger partial charge in [-0.05, 0) is 22.3 Å². The topological polar surface area (TPSA) is 95.5 Å². The fourth-order valence-corrected chi connectivity index (χ4v) is 2.77. The van der Waals surface area contributed by atoms with Crippen LogP contribution in [0.1, 0.15) is 25.8 Å². The Hall–Kier alpha value is -2.89. The highest BCUT2D eigenvalue weighted by Crippen LogP contribution is 2.18. The summed E-state index contributed by atoms with van der Waals surface area (Å²) in [5, 5.41) is 16.3. The van der Waals surface area contributed by atoms with Gasteiger partial charge in [-0.1, -0.05) is 62.7 Å². The molecule has 0 fully saturated rings. The summed E-state index contributed by atoms with van der Waals surface area (Å²) in [5.74, 6) is -2.06. The average molecular weight is 356 g/mol. The van der Waals surface area contributed by atoms with Crippen molar-refractivity contribution in [3.8, 4) is 0 Å². The lowest BCUT2D eigenvalue weighted by Crippen LogP contribution is -2.48. The molecule has 0 saturated carbocycles. The largest absolute Gasteiger partial charge is 0.480 e. The molecule has 2 rings (SSSR count). The van der Waals surface area contributed by atoms with Crippen molar-refractivity contribution in [1.29, 1.82) is 0 Å². The maximum absolute atomic E-state index is 12.2. The van der Waals surface area contributed by atoms with Gasteiger partial charge in [0.1, 0.15) is 6.04 Å². The van der Waals surface area contributed by atoms with Gasteiger partial charge >= 0.3 is 5.97 Å². The Balaban J connectivity index is 1.92. The Kier molecular flexibility index (Phi) is 6.72. The summed E-state index contributed by atoms with van der Waals surface area (Å²) >= 11 is 0. The summed E-state index contributed by atoms with van der Waals surface area (Å²) in [6.45, 7) is 3.38. The van der Waals surface area contributed by atoms with Crippen LogP contribution in [0.2, 0.25) is 0 Å². The van der Waals surface area contributed by atoms with Gasteiger partial charge in [-0.15, -0.1) is 0 Å². The molecule has 0 bridgehead atoms. The molecular weight excluding hydrogens is 332 g/mol. The zero-order valence-corrected chi connectivity index (χ0v) is 15.0. The third kappa shape index (κ3) is 5.05. The first-order chi connectivity index (χ1) is 12.4. The predicted molar refractivity (Wildman–Crippen MR) is 99.7 cm³/mol. The number of fused-ring (bicyclic) bond motifs is 1. The highest BCUT2D eigenvalue weighted by molar-refractivity contribution is 5.92. The lowest BCUT2D eigenvalue weighted by atomic mass is 9.99. The first-order valence-corrected chi connectivity index (χ1v) is 8.67. The number of carboxylic acids is 1. The molecule has 2 atom stereocenters. The summed E-state index contributed by atoms with van der Waals surface area (Å²) in [6, 6.07) is 12.6. The van der Waals surface area contributed by atoms with Crippen LogP contribution in [0.4, 0.5) is 0 Å². The van der Waals surface area contributed by atoms with E-state index < -0.39 is 17.9 Å². The quantitative estimate of drug-likeness (QED) is 0.675. The van der Waals surface area contributed by atoms with Crippen LogP contribution in [0.25, 0.3) is 10.8 Å². The lowest BCUT2D eigenvalue weighted by molar-refractivity contribution is -0.143. The highest BCUT2D eigenvalue weighted by atomic mass is 16.4. The Bertz CT molecular complexity index is 798. The lowest BCUT2D eigenvalue weighted by Gasteiger charge is -2.20. The van der Waals surface area contributed by atoms with Gasteiger partial charge in [0.25, 0.3) is 0 Å². The smallest absolute Gasteiger partial charge is 0.326 e. The van der Waals surface area contributed by atoms with Crippen LogP contribution in [-0.4, -0.2) is 35.5 Å². The maximum Gasteiger partial charge on any atom is 0.326 e. The van der Waals surface area contributed by atoms with Gasteiger partial charge in [0, 0.05) is 0 Å². The van der Waals surface area contributed by atoms with Crippen LogP contribution in [0.3, 0.4) is 0 Å². The van der Waals surface area contributed by atoms with E-state index in [0.29, 0.717) is 6.42 Å². The SMILES string of the molecule is CC[C@H](C)[C@H](NC(=O)CNC(=O)Cc1cccc2ccccc12)C(=O)O. The number of carboxylic acid groups (broad SMARTS) is 1. The number of amides is 2. The summed E-state index contributed by atoms with van der Waals surface area (Å²) in [7, 11) is 0. The van der Waals surface area contributed by atoms with Gasteiger partial charge in [0.2, 0.25) is 11.8 Å². The van der Waals surface area contributed by atoms with E-state index in [-0.39, 0.29) is 24.8 Å². The maximum atomic E-state index is 12.2. The van der Waals surface area contributed by atoms with Crippen LogP contribution < -0.4 is 10.6 Å². The molecule has 6 heteroatoms. The number of carbonyl (C=O) groups excluding carboxylic acids is 2. The average Bonchev–Trinajstić information content (AvgIpc) is 2.64. The van der Waals surface area contributed by atoms with Gasteiger partial charge in [-0.2, -0.15) is 0 Å². The minimum atomic E-state index is -1.07. The third-order valence-corrected chi connectivity index (χ3v) is 4.47. The van der Waals surface area contributed by atoms with Crippen molar-refractivity contribution in [2.75, 3.05) is 6.54 Å². The molecule has 0 heterocycles. The molecule has 0 aliphatic carbocycles. The van der Waals surface area contributed by atoms with Crippen molar-refractivity contribution in [3.63, 3.8) is 0 Å². The van der Waals surface area contributed by atoms with Crippen LogP contribution in [0, 0.1) is 5.92 Å². The van der Waals surface area contributed by atoms with Gasteiger partial charge in [-0.25, -0.2) is 4.79 Å². The van der Waals surface area contributed by atoms with Crippen molar-refractivity contribution in [2.24, 2.45) is 5.92 Å². The second-order valence-corrected chi connectivity index (χ2v) is 6.36. The number of hydrogen-bond donors (Lipinski definition) is 3. The Morgan fingerprint density at radius 1 is 1.04 bits per heavy atom. The van der Waals surface area contributed by atoms with E-state index in [1.807, 2.05) is 49.4 Å². The number of hydrogen-bond acceptors (Lipinski definition) is 3. The van der Waals surface area contributed by atoms with E-state index in [1.165, 1.54) is 0 Å². The predicted octanol–water partition coefficient (Wildman–Crippen LogP) is 2.11. The minimum absolute atomic E-state index is 0.155. The number of nitrogens with one attached hydrogen (secondary N) is 2. The van der Waals surface area contributed by atoms with E-state index in [4.69, 9.17) is 0 Å². The highest BCUT2D eigenvalue weighted by Gasteiger charge is 2.25. The molecule has 3 N–H and O–H groups in total. The summed E-state index contributed by atoms with van der Waals surface area (Å²) in [4.78, 5) is 35.4. The van der Waals surface area contributed by atoms with Crippen LogP contribution in [0.15, 0.2) is 42.5 Å². The Morgan fingerprint density at radius 3 is 2.42 bits per heavy atom. The fraction of sp³-hybridized carbons (Fsp3) is 0.350. The van der Waals surface area contributed by atoms with Crippen molar-refractivity contribution in [3.05, 3.63) is 48.0 Å². The molecule has 0 aliphatic rings. The standard InChI is InChI=1S/C20H24N2O4/c1-3-13(2)19(20(25)26)22-18(24)12-21-17(23)11-15-9-6-8-14-7-4-5-10-16(14)15/h4-10,13,19H,3,11-12H2,1-2H3,(H,21,23)(H,22,24)(H,25,26)/t13-,19-/m0/s1. The van der Waals surface area contributed by atoms with E-state index >= 15 is 0 Å². The molecule has 138 valence electrons. The van der Waals surface area contributed by atoms with Gasteiger partial charge in [0.05, 0.1) is 13.0 Å². The first-order valence-electron chi connectivity index (χ1n) is 8.67. The number of benzene rings is 2. The minimum Gasteiger partial charge on any atom is -0.480 e. The van der Waals surface area contributed by atoms with E-state index in [9.17, 15) is 19.5 Å². The summed E-state index contributed by atoms with van der Waals surface area (Å²) in [5.41, 5.74) is 0.879. The van der Waals surface area contributed by atoms with Crippen molar-refractivity contribution in [2.45, 2.75) is 32.7 Å². The Labute approximate surface area is 152 Å². The molecule has 0 aromatic heterocycles. The zero-order chi connectivity index (χ0) is 19.1. The molecule has 2 aromatic rings. The number of aliphatic carboxylic acids is 1. The van der Waals surface area contributed by atoms with Crippen LogP contribution in [-0.2, 0) is 20.8 Å². The molecule has 0 radical (unpaired) electrons. The van der Waals surface area contributed by atoms with Crippen molar-refractivity contribution < 1.29 is 19.5 Å². The van der Waals surface area contributed by atoms with Gasteiger partial charge in [-0.3, -0.25) is 9.59 Å². The summed E-state index contributed by atoms with van der Waals surface area (Å²) < 4.78 is 0. The molecule has 6 nitrogen and oxygen atoms in total. The normalized spacial score (nSPS) is 13.0. The molecule has 0 saturated heterocycles. The second-order valence-electron chi connectivity index (χ2n) is 6.36. The molecule has 26 heavy (non-hydrogen) atoms. The number of carbonyl (C=O) groups is 3. The second kappa shape index (κ2) is 8.99. The Morgan fingerprint density at radius 2 is 1.73 bits per heavy atom. The van der Waals surface area contributed by atoms with E-state index in [0.717, 1.165) is 16.3 Å². The monoisotopic (exact) mass is 356 g/mol. The van der Waals surface area contributed by atoms with Crippen LogP contribution >= 0.6 is 0 Å². The molecular formula is C20H24N2O4. The van der Waals surface area contributed by atoms with E-state index in [1.54, 1.807) is 6.92 Å². The molecule has 0 spiro atoms. The van der Waals surface area contributed by atoms with Crippen molar-refractivity contribution >= 4 is 28.6 Å². The summed E-state index contributed by atoms with van der Waals surface area (Å²) in [6.07, 6.45) is 0.785. The van der Waals surface area contributed by atoms with Crippen molar-refractivity contribution in [1.82, 2.24) is 10.6 Å². The molecule has 0 unspecified atom stereocenters. The third-order valence-electron chi connectivity index (χ3n) is 4.47. The van der Waals surface area contributed by atoms with Gasteiger partial charge < -0.3 is 15.7 Å².